The maximum absolute atomic E-state index is 12.4. The number of hydrogen-bond acceptors (Lipinski definition) is 6. The Balaban J connectivity index is 0.000000307. The second kappa shape index (κ2) is 8.81. The summed E-state index contributed by atoms with van der Waals surface area (Å²) in [5.74, 6) is -0.0889. The van der Waals surface area contributed by atoms with Gasteiger partial charge in [-0.25, -0.2) is 4.79 Å². The maximum atomic E-state index is 12.4. The molecule has 3 aliphatic rings. The first-order valence-corrected chi connectivity index (χ1v) is 11.2. The van der Waals surface area contributed by atoms with Gasteiger partial charge in [-0.1, -0.05) is 0 Å². The minimum atomic E-state index is -5.08. The summed E-state index contributed by atoms with van der Waals surface area (Å²) in [6.07, 6.45) is -1.96. The van der Waals surface area contributed by atoms with E-state index in [1.807, 2.05) is 11.3 Å². The van der Waals surface area contributed by atoms with Gasteiger partial charge in [0, 0.05) is 48.4 Å². The first-order chi connectivity index (χ1) is 15.1. The lowest BCUT2D eigenvalue weighted by molar-refractivity contribution is -0.192. The number of rotatable bonds is 4. The molecule has 8 nitrogen and oxygen atoms in total. The van der Waals surface area contributed by atoms with Gasteiger partial charge in [0.15, 0.2) is 0 Å². The van der Waals surface area contributed by atoms with Gasteiger partial charge in [0.1, 0.15) is 5.82 Å². The Hall–Kier alpha value is -2.47. The Morgan fingerprint density at radius 2 is 1.88 bits per heavy atom. The van der Waals surface area contributed by atoms with Crippen LogP contribution in [0, 0.1) is 18.8 Å². The number of carboxylic acids is 1. The van der Waals surface area contributed by atoms with E-state index in [1.165, 1.54) is 9.75 Å². The lowest BCUT2D eigenvalue weighted by Gasteiger charge is -2.25. The van der Waals surface area contributed by atoms with Gasteiger partial charge in [-0.2, -0.15) is 13.2 Å². The Morgan fingerprint density at radius 1 is 1.19 bits per heavy atom. The molecule has 2 unspecified atom stereocenters. The van der Waals surface area contributed by atoms with Crippen LogP contribution in [0.4, 0.5) is 13.2 Å². The summed E-state index contributed by atoms with van der Waals surface area (Å²) < 4.78 is 33.8. The number of aromatic nitrogens is 3. The molecule has 2 aromatic heterocycles. The van der Waals surface area contributed by atoms with Crippen LogP contribution in [-0.4, -0.2) is 62.0 Å². The van der Waals surface area contributed by atoms with E-state index in [9.17, 15) is 18.0 Å². The van der Waals surface area contributed by atoms with Crippen molar-refractivity contribution in [3.63, 3.8) is 0 Å². The molecule has 5 rings (SSSR count). The van der Waals surface area contributed by atoms with Crippen LogP contribution in [0.15, 0.2) is 12.1 Å². The third-order valence-electron chi connectivity index (χ3n) is 5.87. The monoisotopic (exact) mass is 471 g/mol. The number of thiophene rings is 1. The number of aliphatic carboxylic acids is 1. The summed E-state index contributed by atoms with van der Waals surface area (Å²) in [5, 5.41) is 18.7. The Morgan fingerprint density at radius 3 is 2.47 bits per heavy atom. The predicted molar refractivity (Wildman–Crippen MR) is 109 cm³/mol. The minimum Gasteiger partial charge on any atom is -0.475 e. The summed E-state index contributed by atoms with van der Waals surface area (Å²) in [6.45, 7) is 6.31. The zero-order chi connectivity index (χ0) is 23.0. The average Bonchev–Trinajstić information content (AvgIpc) is 3.08. The molecule has 1 saturated heterocycles. The molecule has 0 radical (unpaired) electrons. The summed E-state index contributed by atoms with van der Waals surface area (Å²) in [5.41, 5.74) is 0. The van der Waals surface area contributed by atoms with E-state index in [0.717, 1.165) is 51.3 Å². The van der Waals surface area contributed by atoms with Crippen molar-refractivity contribution in [2.24, 2.45) is 11.8 Å². The molecule has 1 aliphatic carbocycles. The number of fused-ring (bicyclic) bond motifs is 2. The number of carboxylic acid groups (broad SMARTS) is 1. The third-order valence-corrected chi connectivity index (χ3v) is 6.86. The summed E-state index contributed by atoms with van der Waals surface area (Å²) in [6, 6.07) is 4.81. The summed E-state index contributed by atoms with van der Waals surface area (Å²) in [4.78, 5) is 26.7. The summed E-state index contributed by atoms with van der Waals surface area (Å²) in [7, 11) is 0. The number of amides is 1. The molecular formula is C20H24F3N5O3S. The molecule has 0 spiro atoms. The normalized spacial score (nSPS) is 22.5. The molecule has 12 heteroatoms. The molecule has 174 valence electrons. The quantitative estimate of drug-likeness (QED) is 0.711. The van der Waals surface area contributed by atoms with Crippen molar-refractivity contribution in [1.29, 1.82) is 0 Å². The van der Waals surface area contributed by atoms with Crippen molar-refractivity contribution < 1.29 is 27.9 Å². The van der Waals surface area contributed by atoms with Crippen molar-refractivity contribution >= 4 is 23.2 Å². The van der Waals surface area contributed by atoms with Crippen LogP contribution in [0.5, 0.6) is 0 Å². The second-order valence-electron chi connectivity index (χ2n) is 8.53. The van der Waals surface area contributed by atoms with Gasteiger partial charge in [0.05, 0.1) is 0 Å². The molecule has 2 atom stereocenters. The van der Waals surface area contributed by atoms with Crippen molar-refractivity contribution in [1.82, 2.24) is 25.0 Å². The molecule has 0 aromatic carbocycles. The van der Waals surface area contributed by atoms with Crippen LogP contribution < -0.4 is 5.32 Å². The van der Waals surface area contributed by atoms with Gasteiger partial charge in [-0.05, 0) is 43.7 Å². The zero-order valence-corrected chi connectivity index (χ0v) is 18.2. The maximum Gasteiger partial charge on any atom is 0.490 e. The highest BCUT2D eigenvalue weighted by atomic mass is 32.1. The first kappa shape index (κ1) is 22.7. The van der Waals surface area contributed by atoms with Crippen molar-refractivity contribution in [3.05, 3.63) is 33.5 Å². The van der Waals surface area contributed by atoms with Crippen LogP contribution >= 0.6 is 11.3 Å². The minimum absolute atomic E-state index is 0.0522. The Labute approximate surface area is 186 Å². The average molecular weight is 472 g/mol. The SMILES string of the molecule is Cc1ccc(CN2CC3Cc4nnc(C(=O)NC5CC5)n4CC3C2)s1.O=C(O)C(F)(F)F. The fraction of sp³-hybridized carbons (Fsp3) is 0.600. The second-order valence-corrected chi connectivity index (χ2v) is 9.90. The molecule has 32 heavy (non-hydrogen) atoms. The first-order valence-electron chi connectivity index (χ1n) is 10.4. The highest BCUT2D eigenvalue weighted by molar-refractivity contribution is 7.11. The van der Waals surface area contributed by atoms with Crippen molar-refractivity contribution in [2.45, 2.75) is 51.5 Å². The largest absolute Gasteiger partial charge is 0.490 e. The van der Waals surface area contributed by atoms with Gasteiger partial charge >= 0.3 is 12.1 Å². The van der Waals surface area contributed by atoms with E-state index in [2.05, 4.69) is 44.0 Å². The van der Waals surface area contributed by atoms with Gasteiger partial charge < -0.3 is 15.0 Å². The lowest BCUT2D eigenvalue weighted by atomic mass is 9.89. The number of aryl methyl sites for hydroxylation is 1. The van der Waals surface area contributed by atoms with Gasteiger partial charge in [-0.3, -0.25) is 9.69 Å². The summed E-state index contributed by atoms with van der Waals surface area (Å²) >= 11 is 1.89. The topological polar surface area (TPSA) is 100 Å². The van der Waals surface area contributed by atoms with E-state index in [4.69, 9.17) is 9.90 Å². The molecule has 4 heterocycles. The highest BCUT2D eigenvalue weighted by Crippen LogP contribution is 2.34. The van der Waals surface area contributed by atoms with E-state index in [0.29, 0.717) is 23.7 Å². The number of hydrogen-bond donors (Lipinski definition) is 2. The standard InChI is InChI=1S/C18H23N5OS.C2HF3O2/c1-11-2-5-15(25-11)10-22-7-12-6-16-20-21-17(18(24)19-14-3-4-14)23(16)9-13(12)8-22;3-2(4,5)1(6)7/h2,5,12-14H,3-4,6-10H2,1H3,(H,19,24);(H,6,7). The highest BCUT2D eigenvalue weighted by Gasteiger charge is 2.40. The molecule has 2 N–H and O–H groups in total. The number of carbonyl (C=O) groups excluding carboxylic acids is 1. The molecule has 0 bridgehead atoms. The fourth-order valence-electron chi connectivity index (χ4n) is 4.19. The van der Waals surface area contributed by atoms with Crippen LogP contribution in [-0.2, 0) is 24.3 Å². The lowest BCUT2D eigenvalue weighted by Crippen LogP contribution is -2.33. The fourth-order valence-corrected chi connectivity index (χ4v) is 5.12. The van der Waals surface area contributed by atoms with Gasteiger partial charge in [-0.15, -0.1) is 21.5 Å². The van der Waals surface area contributed by atoms with E-state index >= 15 is 0 Å². The van der Waals surface area contributed by atoms with Gasteiger partial charge in [0.25, 0.3) is 5.91 Å². The number of carbonyl (C=O) groups is 2. The van der Waals surface area contributed by atoms with E-state index in [1.54, 1.807) is 0 Å². The number of likely N-dealkylation sites (tertiary alicyclic amines) is 1. The Kier molecular flexibility index (Phi) is 6.26. The molecular weight excluding hydrogens is 447 g/mol. The van der Waals surface area contributed by atoms with E-state index < -0.39 is 12.1 Å². The Bertz CT molecular complexity index is 1000. The molecule has 1 amide bonds. The number of nitrogens with zero attached hydrogens (tertiary/aromatic N) is 4. The molecule has 2 aromatic rings. The molecule has 2 aliphatic heterocycles. The van der Waals surface area contributed by atoms with E-state index in [-0.39, 0.29) is 5.91 Å². The molecule has 1 saturated carbocycles. The predicted octanol–water partition coefficient (Wildman–Crippen LogP) is 2.48. The van der Waals surface area contributed by atoms with Crippen molar-refractivity contribution in [3.8, 4) is 0 Å². The van der Waals surface area contributed by atoms with Crippen LogP contribution in [0.2, 0.25) is 0 Å². The number of alkyl halides is 3. The number of halogens is 3. The molecule has 2 fully saturated rings. The van der Waals surface area contributed by atoms with Gasteiger partial charge in [0.2, 0.25) is 5.82 Å². The van der Waals surface area contributed by atoms with Crippen molar-refractivity contribution in [2.75, 3.05) is 13.1 Å². The van der Waals surface area contributed by atoms with Crippen LogP contribution in [0.1, 0.15) is 39.0 Å². The smallest absolute Gasteiger partial charge is 0.475 e. The van der Waals surface area contributed by atoms with Crippen LogP contribution in [0.25, 0.3) is 0 Å². The number of nitrogens with one attached hydrogen (secondary N) is 1. The third kappa shape index (κ3) is 5.29. The zero-order valence-electron chi connectivity index (χ0n) is 17.4. The van der Waals surface area contributed by atoms with Crippen LogP contribution in [0.3, 0.4) is 0 Å².